The molecule has 0 aliphatic rings. The molecule has 0 N–H and O–H groups in total. The lowest BCUT2D eigenvalue weighted by atomic mass is 10.3. The lowest BCUT2D eigenvalue weighted by Gasteiger charge is -2.10. The zero-order valence-electron chi connectivity index (χ0n) is 9.44. The summed E-state index contributed by atoms with van der Waals surface area (Å²) in [6, 6.07) is 3.24. The first kappa shape index (κ1) is 12.9. The van der Waals surface area contributed by atoms with Gasteiger partial charge in [-0.15, -0.1) is 0 Å². The Kier molecular flexibility index (Phi) is 5.22. The molecule has 16 heavy (non-hydrogen) atoms. The summed E-state index contributed by atoms with van der Waals surface area (Å²) in [5.74, 6) is 0.453. The standard InChI is InChI=1S/C11H15ClN2O2/c1-14(2)6-3-7-16-10-5-4-9(8-15)11(12)13-10/h4-5,8H,3,6-7H2,1-2H3. The minimum Gasteiger partial charge on any atom is -0.478 e. The van der Waals surface area contributed by atoms with Crippen LogP contribution in [-0.4, -0.2) is 43.4 Å². The number of aldehydes is 1. The molecule has 0 amide bonds. The van der Waals surface area contributed by atoms with Gasteiger partial charge in [0.1, 0.15) is 5.15 Å². The molecule has 88 valence electrons. The van der Waals surface area contributed by atoms with Crippen LogP contribution in [0.25, 0.3) is 0 Å². The summed E-state index contributed by atoms with van der Waals surface area (Å²) >= 11 is 5.76. The number of hydrogen-bond acceptors (Lipinski definition) is 4. The second-order valence-electron chi connectivity index (χ2n) is 3.65. The zero-order valence-corrected chi connectivity index (χ0v) is 10.2. The van der Waals surface area contributed by atoms with Gasteiger partial charge in [0.15, 0.2) is 6.29 Å². The van der Waals surface area contributed by atoms with E-state index in [4.69, 9.17) is 16.3 Å². The van der Waals surface area contributed by atoms with Crippen molar-refractivity contribution in [1.29, 1.82) is 0 Å². The van der Waals surface area contributed by atoms with Crippen LogP contribution in [0.1, 0.15) is 16.8 Å². The summed E-state index contributed by atoms with van der Waals surface area (Å²) in [5, 5.41) is 0.181. The van der Waals surface area contributed by atoms with Gasteiger partial charge >= 0.3 is 0 Å². The van der Waals surface area contributed by atoms with Crippen LogP contribution in [0, 0.1) is 0 Å². The Hall–Kier alpha value is -1.13. The van der Waals surface area contributed by atoms with Crippen molar-refractivity contribution in [2.24, 2.45) is 0 Å². The van der Waals surface area contributed by atoms with E-state index in [0.717, 1.165) is 13.0 Å². The summed E-state index contributed by atoms with van der Waals surface area (Å²) < 4.78 is 5.40. The lowest BCUT2D eigenvalue weighted by molar-refractivity contribution is 0.112. The van der Waals surface area contributed by atoms with E-state index in [1.54, 1.807) is 12.1 Å². The second kappa shape index (κ2) is 6.45. The van der Waals surface area contributed by atoms with Crippen molar-refractivity contribution in [3.05, 3.63) is 22.8 Å². The fraction of sp³-hybridized carbons (Fsp3) is 0.455. The van der Waals surface area contributed by atoms with E-state index in [0.29, 0.717) is 24.3 Å². The molecular formula is C11H15ClN2O2. The second-order valence-corrected chi connectivity index (χ2v) is 4.01. The van der Waals surface area contributed by atoms with Crippen molar-refractivity contribution < 1.29 is 9.53 Å². The third-order valence-corrected chi connectivity index (χ3v) is 2.28. The summed E-state index contributed by atoms with van der Waals surface area (Å²) in [6.07, 6.45) is 1.59. The molecule has 0 radical (unpaired) electrons. The number of carbonyl (C=O) groups is 1. The van der Waals surface area contributed by atoms with E-state index >= 15 is 0 Å². The van der Waals surface area contributed by atoms with Crippen molar-refractivity contribution in [2.75, 3.05) is 27.2 Å². The molecule has 0 aliphatic heterocycles. The van der Waals surface area contributed by atoms with E-state index in [2.05, 4.69) is 9.88 Å². The first-order valence-electron chi connectivity index (χ1n) is 5.02. The SMILES string of the molecule is CN(C)CCCOc1ccc(C=O)c(Cl)n1. The Morgan fingerprint density at radius 1 is 1.50 bits per heavy atom. The fourth-order valence-electron chi connectivity index (χ4n) is 1.15. The molecule has 4 nitrogen and oxygen atoms in total. The number of rotatable bonds is 6. The van der Waals surface area contributed by atoms with E-state index < -0.39 is 0 Å². The quantitative estimate of drug-likeness (QED) is 0.434. The average Bonchev–Trinajstić information content (AvgIpc) is 2.24. The van der Waals surface area contributed by atoms with Crippen molar-refractivity contribution in [2.45, 2.75) is 6.42 Å². The van der Waals surface area contributed by atoms with Gasteiger partial charge in [0.05, 0.1) is 12.2 Å². The van der Waals surface area contributed by atoms with Gasteiger partial charge in [0.2, 0.25) is 5.88 Å². The predicted octanol–water partition coefficient (Wildman–Crippen LogP) is 1.88. The van der Waals surface area contributed by atoms with E-state index in [9.17, 15) is 4.79 Å². The third kappa shape index (κ3) is 4.16. The predicted molar refractivity (Wildman–Crippen MR) is 63.3 cm³/mol. The van der Waals surface area contributed by atoms with Gasteiger partial charge in [0, 0.05) is 12.6 Å². The average molecular weight is 243 g/mol. The van der Waals surface area contributed by atoms with Gasteiger partial charge in [-0.1, -0.05) is 11.6 Å². The van der Waals surface area contributed by atoms with Crippen molar-refractivity contribution in [3.63, 3.8) is 0 Å². The molecule has 0 spiro atoms. The van der Waals surface area contributed by atoms with Gasteiger partial charge in [-0.25, -0.2) is 4.98 Å². The van der Waals surface area contributed by atoms with Crippen LogP contribution in [0.5, 0.6) is 5.88 Å². The molecule has 0 fully saturated rings. The maximum Gasteiger partial charge on any atom is 0.214 e. The van der Waals surface area contributed by atoms with Crippen LogP contribution in [0.3, 0.4) is 0 Å². The Balaban J connectivity index is 2.43. The monoisotopic (exact) mass is 242 g/mol. The number of hydrogen-bond donors (Lipinski definition) is 0. The summed E-state index contributed by atoms with van der Waals surface area (Å²) in [5.41, 5.74) is 0.377. The molecule has 0 aliphatic carbocycles. The molecular weight excluding hydrogens is 228 g/mol. The minimum absolute atomic E-state index is 0.181. The smallest absolute Gasteiger partial charge is 0.214 e. The number of nitrogens with zero attached hydrogens (tertiary/aromatic N) is 2. The molecule has 1 heterocycles. The van der Waals surface area contributed by atoms with E-state index in [1.807, 2.05) is 14.1 Å². The molecule has 0 saturated heterocycles. The maximum absolute atomic E-state index is 10.5. The fourth-order valence-corrected chi connectivity index (χ4v) is 1.35. The maximum atomic E-state index is 10.5. The topological polar surface area (TPSA) is 42.4 Å². The summed E-state index contributed by atoms with van der Waals surface area (Å²) in [6.45, 7) is 1.54. The Labute approximate surface area is 100 Å². The molecule has 1 rings (SSSR count). The molecule has 0 unspecified atom stereocenters. The molecule has 0 aromatic carbocycles. The molecule has 1 aromatic rings. The van der Waals surface area contributed by atoms with Crippen LogP contribution in [0.4, 0.5) is 0 Å². The number of pyridine rings is 1. The molecule has 0 atom stereocenters. The van der Waals surface area contributed by atoms with Crippen LogP contribution in [0.2, 0.25) is 5.15 Å². The van der Waals surface area contributed by atoms with Crippen molar-refractivity contribution in [3.8, 4) is 5.88 Å². The lowest BCUT2D eigenvalue weighted by Crippen LogP contribution is -2.15. The highest BCUT2D eigenvalue weighted by molar-refractivity contribution is 6.31. The molecule has 5 heteroatoms. The van der Waals surface area contributed by atoms with Crippen LogP contribution < -0.4 is 4.74 Å². The van der Waals surface area contributed by atoms with Crippen LogP contribution in [0.15, 0.2) is 12.1 Å². The van der Waals surface area contributed by atoms with Gasteiger partial charge in [0.25, 0.3) is 0 Å². The van der Waals surface area contributed by atoms with Crippen molar-refractivity contribution >= 4 is 17.9 Å². The summed E-state index contributed by atoms with van der Waals surface area (Å²) in [4.78, 5) is 16.5. The van der Waals surface area contributed by atoms with E-state index in [-0.39, 0.29) is 5.15 Å². The van der Waals surface area contributed by atoms with Crippen molar-refractivity contribution in [1.82, 2.24) is 9.88 Å². The molecule has 1 aromatic heterocycles. The van der Waals surface area contributed by atoms with Gasteiger partial charge in [-0.05, 0) is 26.6 Å². The number of ether oxygens (including phenoxy) is 1. The van der Waals surface area contributed by atoms with Gasteiger partial charge < -0.3 is 9.64 Å². The number of aromatic nitrogens is 1. The summed E-state index contributed by atoms with van der Waals surface area (Å²) in [7, 11) is 4.02. The highest BCUT2D eigenvalue weighted by Crippen LogP contribution is 2.16. The molecule has 0 bridgehead atoms. The van der Waals surface area contributed by atoms with Gasteiger partial charge in [-0.3, -0.25) is 4.79 Å². The third-order valence-electron chi connectivity index (χ3n) is 1.98. The highest BCUT2D eigenvalue weighted by Gasteiger charge is 2.03. The highest BCUT2D eigenvalue weighted by atomic mass is 35.5. The normalized spacial score (nSPS) is 10.5. The van der Waals surface area contributed by atoms with E-state index in [1.165, 1.54) is 0 Å². The Bertz CT molecular complexity index is 356. The number of halogens is 1. The van der Waals surface area contributed by atoms with Gasteiger partial charge in [-0.2, -0.15) is 0 Å². The first-order valence-corrected chi connectivity index (χ1v) is 5.40. The number of carbonyl (C=O) groups excluding carboxylic acids is 1. The molecule has 0 saturated carbocycles. The van der Waals surface area contributed by atoms with Crippen LogP contribution in [-0.2, 0) is 0 Å². The zero-order chi connectivity index (χ0) is 12.0. The minimum atomic E-state index is 0.181. The first-order chi connectivity index (χ1) is 7.63. The van der Waals surface area contributed by atoms with Crippen LogP contribution >= 0.6 is 11.6 Å². The largest absolute Gasteiger partial charge is 0.478 e. The Morgan fingerprint density at radius 3 is 2.81 bits per heavy atom. The Morgan fingerprint density at radius 2 is 2.25 bits per heavy atom.